The summed E-state index contributed by atoms with van der Waals surface area (Å²) in [5, 5.41) is 120. The van der Waals surface area contributed by atoms with Crippen molar-refractivity contribution < 1.29 is 118 Å². The van der Waals surface area contributed by atoms with Crippen LogP contribution in [0.5, 0.6) is 0 Å². The first kappa shape index (κ1) is 71.1. The van der Waals surface area contributed by atoms with Crippen LogP contribution < -0.4 is 5.32 Å². The topological polar surface area (TPSA) is 361 Å². The van der Waals surface area contributed by atoms with Crippen molar-refractivity contribution in [3.63, 3.8) is 0 Å². The van der Waals surface area contributed by atoms with E-state index < -0.39 is 148 Å². The molecule has 12 N–H and O–H groups in total. The number of rotatable bonds is 39. The minimum absolute atomic E-state index is 0.0564. The van der Waals surface area contributed by atoms with Gasteiger partial charge in [0.15, 0.2) is 18.9 Å². The lowest BCUT2D eigenvalue weighted by molar-refractivity contribution is -0.869. The zero-order valence-electron chi connectivity index (χ0n) is 46.2. The molecule has 0 aromatic carbocycles. The number of hydrogen-bond acceptors (Lipinski definition) is 27. The molecule has 29 heteroatoms. The number of carbonyl (C=O) groups is 2. The average Bonchev–Trinajstić information content (AvgIpc) is 3.46. The van der Waals surface area contributed by atoms with Gasteiger partial charge in [0, 0.05) is 45.6 Å². The van der Waals surface area contributed by atoms with E-state index >= 15 is 0 Å². The fraction of sp³-hybridized carbons (Fsp3) is 0.960. The molecule has 0 radical (unpaired) electrons. The first-order valence-electron chi connectivity index (χ1n) is 27.3. The first-order chi connectivity index (χ1) is 37.8. The fourth-order valence-corrected chi connectivity index (χ4v) is 12.2. The average molecular weight is 1220 g/mol. The number of ether oxygens (including phenoxy) is 10. The van der Waals surface area contributed by atoms with E-state index in [-0.39, 0.29) is 30.7 Å². The second-order valence-corrected chi connectivity index (χ2v) is 25.6. The number of aliphatic hydroxyl groups is 11. The van der Waals surface area contributed by atoms with E-state index in [0.717, 1.165) is 52.9 Å². The van der Waals surface area contributed by atoms with E-state index in [1.165, 1.54) is 18.9 Å². The Kier molecular flexibility index (Phi) is 34.2. The molecule has 464 valence electrons. The molecule has 0 saturated carbocycles. The summed E-state index contributed by atoms with van der Waals surface area (Å²) in [6.07, 6.45) is -21.6. The molecule has 4 rings (SSSR count). The maximum atomic E-state index is 12.4. The van der Waals surface area contributed by atoms with E-state index in [0.29, 0.717) is 62.5 Å². The Morgan fingerprint density at radius 1 is 0.519 bits per heavy atom. The highest BCUT2D eigenvalue weighted by atomic mass is 32.2. The monoisotopic (exact) mass is 1220 g/mol. The second-order valence-electron chi connectivity index (χ2n) is 20.8. The Balaban J connectivity index is 1.31. The maximum Gasteiger partial charge on any atom is 0.230 e. The Morgan fingerprint density at radius 3 is 1.47 bits per heavy atom. The summed E-state index contributed by atoms with van der Waals surface area (Å²) in [6, 6.07) is 0. The summed E-state index contributed by atoms with van der Waals surface area (Å²) in [5.74, 6) is 4.16. The smallest absolute Gasteiger partial charge is 0.230 e. The number of carbonyl (C=O) groups excluding carboxylic acids is 2. The van der Waals surface area contributed by atoms with Gasteiger partial charge in [-0.05, 0) is 60.9 Å². The fourth-order valence-electron chi connectivity index (χ4n) is 8.74. The van der Waals surface area contributed by atoms with Crippen molar-refractivity contribution in [2.75, 3.05) is 128 Å². The van der Waals surface area contributed by atoms with Crippen LogP contribution in [0, 0.1) is 0 Å². The minimum atomic E-state index is -1.63. The summed E-state index contributed by atoms with van der Waals surface area (Å²) in [4.78, 5) is 24.8. The molecular weight excluding hydrogens is 1120 g/mol. The van der Waals surface area contributed by atoms with Crippen LogP contribution in [-0.2, 0) is 57.0 Å². The van der Waals surface area contributed by atoms with Crippen LogP contribution >= 0.6 is 47.0 Å². The quantitative estimate of drug-likeness (QED) is 0.0216. The van der Waals surface area contributed by atoms with Crippen molar-refractivity contribution in [2.24, 2.45) is 0 Å². The lowest BCUT2D eigenvalue weighted by atomic mass is 9.97. The Hall–Kier alpha value is -0.340. The summed E-state index contributed by atoms with van der Waals surface area (Å²) in [5.41, 5.74) is -1.03. The molecule has 0 aromatic heterocycles. The van der Waals surface area contributed by atoms with Gasteiger partial charge in [0.25, 0.3) is 0 Å². The number of aliphatic hydroxyl groups excluding tert-OH is 11. The van der Waals surface area contributed by atoms with Crippen LogP contribution in [0.4, 0.5) is 0 Å². The van der Waals surface area contributed by atoms with Gasteiger partial charge >= 0.3 is 0 Å². The van der Waals surface area contributed by atoms with Crippen molar-refractivity contribution in [1.82, 2.24) is 5.32 Å². The van der Waals surface area contributed by atoms with Gasteiger partial charge in [-0.3, -0.25) is 9.59 Å². The molecule has 20 atom stereocenters. The zero-order chi connectivity index (χ0) is 58.1. The molecule has 0 aliphatic carbocycles. The van der Waals surface area contributed by atoms with Gasteiger partial charge in [-0.15, -0.1) is 11.8 Å². The van der Waals surface area contributed by atoms with Crippen molar-refractivity contribution in [3.05, 3.63) is 0 Å². The van der Waals surface area contributed by atoms with Crippen molar-refractivity contribution in [1.29, 1.82) is 0 Å². The molecule has 4 saturated heterocycles. The summed E-state index contributed by atoms with van der Waals surface area (Å²) >= 11 is 5.86. The molecule has 25 nitrogen and oxygen atoms in total. The number of methoxy groups -OCH3 is 1. The van der Waals surface area contributed by atoms with Gasteiger partial charge in [0.1, 0.15) is 109 Å². The molecule has 0 bridgehead atoms. The number of quaternary nitrogens is 1. The third kappa shape index (κ3) is 23.8. The molecule has 4 aliphatic heterocycles. The predicted molar refractivity (Wildman–Crippen MR) is 294 cm³/mol. The summed E-state index contributed by atoms with van der Waals surface area (Å²) < 4.78 is 59.9. The Morgan fingerprint density at radius 2 is 0.962 bits per heavy atom. The van der Waals surface area contributed by atoms with Gasteiger partial charge < -0.3 is 113 Å². The summed E-state index contributed by atoms with van der Waals surface area (Å²) in [6.45, 7) is 1.51. The molecule has 4 aliphatic rings. The Labute approximate surface area is 481 Å². The lowest BCUT2D eigenvalue weighted by Gasteiger charge is -2.45. The van der Waals surface area contributed by atoms with E-state index in [9.17, 15) is 65.8 Å². The van der Waals surface area contributed by atoms with Gasteiger partial charge in [-0.1, -0.05) is 6.92 Å². The van der Waals surface area contributed by atoms with Crippen LogP contribution in [-0.4, -0.2) is 322 Å². The highest BCUT2D eigenvalue weighted by Gasteiger charge is 2.51. The molecule has 0 aromatic rings. The van der Waals surface area contributed by atoms with Crippen molar-refractivity contribution in [3.8, 4) is 0 Å². The van der Waals surface area contributed by atoms with E-state index in [2.05, 4.69) is 12.2 Å². The third-order valence-corrected chi connectivity index (χ3v) is 18.0. The first-order valence-corrected chi connectivity index (χ1v) is 31.8. The van der Waals surface area contributed by atoms with Crippen LogP contribution in [0.15, 0.2) is 0 Å². The molecule has 0 spiro atoms. The van der Waals surface area contributed by atoms with Crippen LogP contribution in [0.2, 0.25) is 0 Å². The van der Waals surface area contributed by atoms with Crippen molar-refractivity contribution in [2.45, 2.75) is 174 Å². The number of ketones is 1. The number of hydrogen-bond donors (Lipinski definition) is 12. The van der Waals surface area contributed by atoms with E-state index in [4.69, 9.17) is 47.4 Å². The highest BCUT2D eigenvalue weighted by Crippen LogP contribution is 2.32. The lowest BCUT2D eigenvalue weighted by Crippen LogP contribution is -2.63. The van der Waals surface area contributed by atoms with Crippen LogP contribution in [0.25, 0.3) is 0 Å². The molecule has 79 heavy (non-hydrogen) atoms. The third-order valence-electron chi connectivity index (χ3n) is 13.4. The molecular formula is C50H93N2O23S4+. The van der Waals surface area contributed by atoms with E-state index in [1.54, 1.807) is 23.5 Å². The van der Waals surface area contributed by atoms with Crippen LogP contribution in [0.1, 0.15) is 51.9 Å². The van der Waals surface area contributed by atoms with Gasteiger partial charge in [0.2, 0.25) is 5.91 Å². The zero-order valence-corrected chi connectivity index (χ0v) is 49.5. The number of thioether (sulfide) groups is 4. The standard InChI is InChI=1S/C50H92N2O23S4/c1-6-18-76-20-8-15-67-44-41(63)37(59)32(73-47(44)66-5)26-71-49-46(69-16-9-21-77-19-7-11-29(55)12-14-52(2,3)4)42(64)38(60)33(74-49)27-70-48-45(40(62)36(58)30(24-53)72-48)68-17-10-22-78-23-13-51-34(56)28-79-50-43(65)39(61)35(57)31(25-54)75-50/h30-33,35-50,53-54,57-65H,6-28H2,1-5H3/p+1/t30-,31?,32-,33-,35-,36-,37-,38-,39+,40+,41+,42+,43?,44-,45-,46-,47+,48+,49+,50-/m1/s1. The highest BCUT2D eigenvalue weighted by molar-refractivity contribution is 8.00. The molecule has 4 heterocycles. The molecule has 1 amide bonds. The second kappa shape index (κ2) is 38.0. The maximum absolute atomic E-state index is 12.4. The van der Waals surface area contributed by atoms with Gasteiger partial charge in [-0.2, -0.15) is 35.3 Å². The SMILES string of the molecule is CCCSCCCO[C@H]1[C@@H](OC)O[C@H](CO[C@H]2O[C@H](CO[C@H]3O[C@H](CO)[C@@H](O)[C@H](O)[C@H]3OCCCSCCNC(=O)CS[C@H]3OC(CO)[C@@H](O)[C@H](O)C3O)[C@@H](O)[C@H](O)[C@H]2OCCCSCCCC(=O)CC[N+](C)(C)C)[C@@H](O)[C@@H]1O. The predicted octanol–water partition coefficient (Wildman–Crippen LogP) is -2.97. The number of amides is 1. The largest absolute Gasteiger partial charge is 0.394 e. The summed E-state index contributed by atoms with van der Waals surface area (Å²) in [7, 11) is 7.53. The normalized spacial score (nSPS) is 35.4. The van der Waals surface area contributed by atoms with Crippen LogP contribution in [0.3, 0.4) is 0 Å². The Bertz CT molecular complexity index is 1670. The minimum Gasteiger partial charge on any atom is -0.394 e. The van der Waals surface area contributed by atoms with Crippen molar-refractivity contribution >= 4 is 58.7 Å². The number of nitrogens with zero attached hydrogens (tertiary/aromatic N) is 1. The molecule has 4 fully saturated rings. The number of nitrogens with one attached hydrogen (secondary N) is 1. The van der Waals surface area contributed by atoms with Gasteiger partial charge in [-0.25, -0.2) is 0 Å². The molecule has 2 unspecified atom stereocenters. The van der Waals surface area contributed by atoms with E-state index in [1.807, 2.05) is 21.1 Å². The number of Topliss-reactive ketones (excluding diaryl/α,β-unsaturated/α-hetero) is 1. The van der Waals surface area contributed by atoms with Gasteiger partial charge in [0.05, 0.1) is 66.3 Å².